The van der Waals surface area contributed by atoms with E-state index in [4.69, 9.17) is 0 Å². The van der Waals surface area contributed by atoms with Crippen LogP contribution >= 0.6 is 0 Å². The summed E-state index contributed by atoms with van der Waals surface area (Å²) in [6.07, 6.45) is 5.61. The lowest BCUT2D eigenvalue weighted by Gasteiger charge is -2.42. The molecule has 1 aliphatic carbocycles. The number of para-hydroxylation sites is 1. The highest BCUT2D eigenvalue weighted by atomic mass is 16.2. The fraction of sp³-hybridized carbons (Fsp3) is 0.375. The predicted molar refractivity (Wildman–Crippen MR) is 112 cm³/mol. The first-order chi connectivity index (χ1) is 13.8. The Labute approximate surface area is 166 Å². The Kier molecular flexibility index (Phi) is 4.65. The number of rotatable bonds is 5. The molecule has 0 spiro atoms. The minimum absolute atomic E-state index is 0.234. The Bertz CT molecular complexity index is 960. The van der Waals surface area contributed by atoms with Gasteiger partial charge in [0.1, 0.15) is 6.54 Å². The van der Waals surface area contributed by atoms with Crippen LogP contribution in [0.1, 0.15) is 18.4 Å². The van der Waals surface area contributed by atoms with E-state index < -0.39 is 0 Å². The number of aromatic nitrogens is 1. The molecule has 1 aromatic heterocycles. The van der Waals surface area contributed by atoms with Crippen LogP contribution in [-0.4, -0.2) is 52.0 Å². The number of nitrogens with zero attached hydrogens (tertiary/aromatic N) is 3. The standard InChI is InChI=1S/C24H27N3O/c28-24(18-26-13-12-20-8-4-5-9-23(20)26)27-15-14-25(21-10-11-21)17-22(27)16-19-6-2-1-3-7-19/h1-9,12-13,21-22H,10-11,14-18H2. The summed E-state index contributed by atoms with van der Waals surface area (Å²) in [4.78, 5) is 18.0. The zero-order chi connectivity index (χ0) is 18.9. The van der Waals surface area contributed by atoms with Crippen molar-refractivity contribution in [1.29, 1.82) is 0 Å². The topological polar surface area (TPSA) is 28.5 Å². The average Bonchev–Trinajstić information content (AvgIpc) is 3.51. The van der Waals surface area contributed by atoms with Gasteiger partial charge in [-0.25, -0.2) is 0 Å². The SMILES string of the molecule is O=C(Cn1ccc2ccccc21)N1CCN(C2CC2)CC1Cc1ccccc1. The number of amides is 1. The van der Waals surface area contributed by atoms with Crippen LogP contribution < -0.4 is 0 Å². The van der Waals surface area contributed by atoms with Crippen LogP contribution in [0.5, 0.6) is 0 Å². The maximum absolute atomic E-state index is 13.3. The van der Waals surface area contributed by atoms with Crippen LogP contribution in [0.3, 0.4) is 0 Å². The highest BCUT2D eigenvalue weighted by Gasteiger charge is 2.37. The van der Waals surface area contributed by atoms with Crippen molar-refractivity contribution in [2.24, 2.45) is 0 Å². The second-order valence-corrected chi connectivity index (χ2v) is 8.16. The first-order valence-corrected chi connectivity index (χ1v) is 10.4. The number of piperazine rings is 1. The van der Waals surface area contributed by atoms with E-state index in [1.54, 1.807) is 0 Å². The molecule has 1 saturated heterocycles. The summed E-state index contributed by atoms with van der Waals surface area (Å²) in [6, 6.07) is 22.0. The van der Waals surface area contributed by atoms with Crippen LogP contribution in [0.4, 0.5) is 0 Å². The van der Waals surface area contributed by atoms with E-state index in [2.05, 4.69) is 62.9 Å². The molecule has 2 fully saturated rings. The summed E-state index contributed by atoms with van der Waals surface area (Å²) in [5.41, 5.74) is 2.45. The molecule has 1 saturated carbocycles. The van der Waals surface area contributed by atoms with Crippen molar-refractivity contribution in [3.63, 3.8) is 0 Å². The van der Waals surface area contributed by atoms with E-state index in [0.717, 1.165) is 37.6 Å². The molecule has 144 valence electrons. The fourth-order valence-corrected chi connectivity index (χ4v) is 4.55. The van der Waals surface area contributed by atoms with Gasteiger partial charge in [0.05, 0.1) is 0 Å². The lowest BCUT2D eigenvalue weighted by Crippen LogP contribution is -2.57. The number of benzene rings is 2. The number of carbonyl (C=O) groups excluding carboxylic acids is 1. The number of fused-ring (bicyclic) bond motifs is 1. The summed E-state index contributed by atoms with van der Waals surface area (Å²) in [5.74, 6) is 0.234. The third kappa shape index (κ3) is 3.57. The Balaban J connectivity index is 1.35. The van der Waals surface area contributed by atoms with Crippen molar-refractivity contribution in [3.8, 4) is 0 Å². The highest BCUT2D eigenvalue weighted by molar-refractivity contribution is 5.83. The molecule has 28 heavy (non-hydrogen) atoms. The van der Waals surface area contributed by atoms with Gasteiger partial charge in [0.2, 0.25) is 5.91 Å². The summed E-state index contributed by atoms with van der Waals surface area (Å²) in [6.45, 7) is 3.26. The second-order valence-electron chi connectivity index (χ2n) is 8.16. The first kappa shape index (κ1) is 17.5. The monoisotopic (exact) mass is 373 g/mol. The average molecular weight is 374 g/mol. The molecular formula is C24H27N3O. The normalized spacial score (nSPS) is 20.6. The summed E-state index contributed by atoms with van der Waals surface area (Å²) >= 11 is 0. The molecule has 4 nitrogen and oxygen atoms in total. The molecule has 2 aliphatic rings. The zero-order valence-corrected chi connectivity index (χ0v) is 16.2. The van der Waals surface area contributed by atoms with Crippen LogP contribution in [0.2, 0.25) is 0 Å². The van der Waals surface area contributed by atoms with Crippen molar-refractivity contribution in [2.75, 3.05) is 19.6 Å². The van der Waals surface area contributed by atoms with E-state index in [1.807, 2.05) is 18.3 Å². The van der Waals surface area contributed by atoms with Gasteiger partial charge in [0, 0.05) is 43.4 Å². The van der Waals surface area contributed by atoms with Crippen molar-refractivity contribution in [2.45, 2.75) is 37.9 Å². The second kappa shape index (κ2) is 7.44. The lowest BCUT2D eigenvalue weighted by atomic mass is 10.0. The molecule has 2 aromatic carbocycles. The molecule has 0 bridgehead atoms. The summed E-state index contributed by atoms with van der Waals surface area (Å²) in [7, 11) is 0. The highest BCUT2D eigenvalue weighted by Crippen LogP contribution is 2.30. The molecular weight excluding hydrogens is 346 g/mol. The third-order valence-corrected chi connectivity index (χ3v) is 6.20. The molecule has 1 aliphatic heterocycles. The van der Waals surface area contributed by atoms with Crippen LogP contribution in [-0.2, 0) is 17.8 Å². The smallest absolute Gasteiger partial charge is 0.242 e. The van der Waals surface area contributed by atoms with E-state index >= 15 is 0 Å². The Morgan fingerprint density at radius 2 is 1.71 bits per heavy atom. The quantitative estimate of drug-likeness (QED) is 0.684. The number of hydrogen-bond acceptors (Lipinski definition) is 2. The molecule has 0 radical (unpaired) electrons. The predicted octanol–water partition coefficient (Wildman–Crippen LogP) is 3.56. The van der Waals surface area contributed by atoms with Gasteiger partial charge in [0.25, 0.3) is 0 Å². The molecule has 0 N–H and O–H groups in total. The molecule has 2 heterocycles. The van der Waals surface area contributed by atoms with Gasteiger partial charge in [-0.3, -0.25) is 9.69 Å². The van der Waals surface area contributed by atoms with Gasteiger partial charge in [-0.1, -0.05) is 48.5 Å². The summed E-state index contributed by atoms with van der Waals surface area (Å²) in [5, 5.41) is 1.19. The molecule has 1 unspecified atom stereocenters. The van der Waals surface area contributed by atoms with Gasteiger partial charge < -0.3 is 9.47 Å². The molecule has 1 amide bonds. The maximum Gasteiger partial charge on any atom is 0.242 e. The maximum atomic E-state index is 13.3. The lowest BCUT2D eigenvalue weighted by molar-refractivity contribution is -0.136. The minimum Gasteiger partial charge on any atom is -0.338 e. The van der Waals surface area contributed by atoms with Gasteiger partial charge >= 0.3 is 0 Å². The molecule has 3 aromatic rings. The van der Waals surface area contributed by atoms with Crippen LogP contribution in [0.25, 0.3) is 10.9 Å². The minimum atomic E-state index is 0.234. The molecule has 4 heteroatoms. The first-order valence-electron chi connectivity index (χ1n) is 10.4. The molecule has 1 atom stereocenters. The summed E-state index contributed by atoms with van der Waals surface area (Å²) < 4.78 is 2.09. The van der Waals surface area contributed by atoms with Gasteiger partial charge in [-0.15, -0.1) is 0 Å². The van der Waals surface area contributed by atoms with Gasteiger partial charge in [0.15, 0.2) is 0 Å². The van der Waals surface area contributed by atoms with Gasteiger partial charge in [-0.05, 0) is 42.3 Å². The Hall–Kier alpha value is -2.59. The Morgan fingerprint density at radius 1 is 0.929 bits per heavy atom. The van der Waals surface area contributed by atoms with Crippen molar-refractivity contribution < 1.29 is 4.79 Å². The Morgan fingerprint density at radius 3 is 2.54 bits per heavy atom. The third-order valence-electron chi connectivity index (χ3n) is 6.20. The largest absolute Gasteiger partial charge is 0.338 e. The van der Waals surface area contributed by atoms with E-state index in [1.165, 1.54) is 23.8 Å². The molecule has 5 rings (SSSR count). The van der Waals surface area contributed by atoms with E-state index in [0.29, 0.717) is 6.54 Å². The van der Waals surface area contributed by atoms with E-state index in [9.17, 15) is 4.79 Å². The number of hydrogen-bond donors (Lipinski definition) is 0. The zero-order valence-electron chi connectivity index (χ0n) is 16.2. The van der Waals surface area contributed by atoms with Gasteiger partial charge in [-0.2, -0.15) is 0 Å². The fourth-order valence-electron chi connectivity index (χ4n) is 4.55. The van der Waals surface area contributed by atoms with Crippen LogP contribution in [0, 0.1) is 0 Å². The van der Waals surface area contributed by atoms with Crippen LogP contribution in [0.15, 0.2) is 66.9 Å². The van der Waals surface area contributed by atoms with Crippen molar-refractivity contribution >= 4 is 16.8 Å². The van der Waals surface area contributed by atoms with Crippen molar-refractivity contribution in [1.82, 2.24) is 14.4 Å². The number of carbonyl (C=O) groups is 1. The van der Waals surface area contributed by atoms with Crippen molar-refractivity contribution in [3.05, 3.63) is 72.4 Å². The van der Waals surface area contributed by atoms with E-state index in [-0.39, 0.29) is 11.9 Å².